The molecule has 2 aromatic carbocycles. The number of ketones is 1. The highest BCUT2D eigenvalue weighted by atomic mass is 16.6. The van der Waals surface area contributed by atoms with Crippen LogP contribution in [-0.2, 0) is 4.74 Å². The number of benzene rings is 2. The highest BCUT2D eigenvalue weighted by Gasteiger charge is 2.25. The van der Waals surface area contributed by atoms with Gasteiger partial charge in [-0.05, 0) is 45.4 Å². The fourth-order valence-electron chi connectivity index (χ4n) is 2.56. The minimum absolute atomic E-state index is 0.111. The first-order chi connectivity index (χ1) is 11.5. The van der Waals surface area contributed by atoms with Crippen LogP contribution in [0.1, 0.15) is 42.3 Å². The van der Waals surface area contributed by atoms with Crippen molar-refractivity contribution in [2.45, 2.75) is 33.7 Å². The van der Waals surface area contributed by atoms with Crippen LogP contribution in [0.5, 0.6) is 0 Å². The van der Waals surface area contributed by atoms with Gasteiger partial charge in [0.05, 0.1) is 12.3 Å². The summed E-state index contributed by atoms with van der Waals surface area (Å²) in [5.41, 5.74) is 2.64. The van der Waals surface area contributed by atoms with E-state index >= 15 is 0 Å². The molecular formula is C20H23NO3. The normalized spacial score (nSPS) is 10.5. The standard InChI is InChI=1S/C20H23NO3/c1-5-24-20(23)21(14(2)3)18-13-15(4)11-12-17(18)19(22)16-9-7-6-8-10-16/h6-14H,5H2,1-4H3. The van der Waals surface area contributed by atoms with Gasteiger partial charge >= 0.3 is 6.09 Å². The number of nitrogens with zero attached hydrogens (tertiary/aromatic N) is 1. The summed E-state index contributed by atoms with van der Waals surface area (Å²) in [6.45, 7) is 7.79. The molecule has 2 aromatic rings. The van der Waals surface area contributed by atoms with Crippen LogP contribution < -0.4 is 4.90 Å². The van der Waals surface area contributed by atoms with Gasteiger partial charge in [0.15, 0.2) is 5.78 Å². The van der Waals surface area contributed by atoms with Gasteiger partial charge in [-0.15, -0.1) is 0 Å². The topological polar surface area (TPSA) is 46.6 Å². The highest BCUT2D eigenvalue weighted by molar-refractivity contribution is 6.14. The van der Waals surface area contributed by atoms with Crippen molar-refractivity contribution in [2.75, 3.05) is 11.5 Å². The number of carbonyl (C=O) groups excluding carboxylic acids is 2. The Morgan fingerprint density at radius 2 is 1.75 bits per heavy atom. The van der Waals surface area contributed by atoms with E-state index in [1.165, 1.54) is 4.90 Å². The maximum Gasteiger partial charge on any atom is 0.414 e. The molecule has 0 fully saturated rings. The quantitative estimate of drug-likeness (QED) is 0.755. The average Bonchev–Trinajstić information content (AvgIpc) is 2.55. The SMILES string of the molecule is CCOC(=O)N(c1cc(C)ccc1C(=O)c1ccccc1)C(C)C. The van der Waals surface area contributed by atoms with E-state index in [2.05, 4.69) is 0 Å². The second kappa shape index (κ2) is 7.77. The molecule has 0 bridgehead atoms. The van der Waals surface area contributed by atoms with E-state index in [4.69, 9.17) is 4.74 Å². The molecular weight excluding hydrogens is 302 g/mol. The number of anilines is 1. The van der Waals surface area contributed by atoms with Gasteiger partial charge in [-0.2, -0.15) is 0 Å². The Labute approximate surface area is 143 Å². The monoisotopic (exact) mass is 325 g/mol. The number of aryl methyl sites for hydroxylation is 1. The third-order valence-corrected chi connectivity index (χ3v) is 3.67. The smallest absolute Gasteiger partial charge is 0.414 e. The lowest BCUT2D eigenvalue weighted by Gasteiger charge is -2.28. The largest absolute Gasteiger partial charge is 0.449 e. The number of rotatable bonds is 5. The average molecular weight is 325 g/mol. The van der Waals surface area contributed by atoms with Crippen LogP contribution in [0.25, 0.3) is 0 Å². The summed E-state index contributed by atoms with van der Waals surface area (Å²) in [5, 5.41) is 0. The summed E-state index contributed by atoms with van der Waals surface area (Å²) in [5.74, 6) is -0.111. The number of hydrogen-bond donors (Lipinski definition) is 0. The van der Waals surface area contributed by atoms with Crippen LogP contribution in [0.15, 0.2) is 48.5 Å². The third-order valence-electron chi connectivity index (χ3n) is 3.67. The fourth-order valence-corrected chi connectivity index (χ4v) is 2.56. The molecule has 4 nitrogen and oxygen atoms in total. The summed E-state index contributed by atoms with van der Waals surface area (Å²) >= 11 is 0. The summed E-state index contributed by atoms with van der Waals surface area (Å²) < 4.78 is 5.18. The molecule has 24 heavy (non-hydrogen) atoms. The summed E-state index contributed by atoms with van der Waals surface area (Å²) in [6.07, 6.45) is -0.444. The number of amides is 1. The molecule has 4 heteroatoms. The van der Waals surface area contributed by atoms with E-state index in [9.17, 15) is 9.59 Å². The van der Waals surface area contributed by atoms with Gasteiger partial charge < -0.3 is 4.74 Å². The van der Waals surface area contributed by atoms with E-state index < -0.39 is 6.09 Å². The molecule has 0 saturated heterocycles. The fraction of sp³-hybridized carbons (Fsp3) is 0.300. The lowest BCUT2D eigenvalue weighted by molar-refractivity contribution is 0.103. The second-order valence-corrected chi connectivity index (χ2v) is 5.88. The van der Waals surface area contributed by atoms with Gasteiger partial charge in [0, 0.05) is 17.2 Å². The molecule has 0 unspecified atom stereocenters. The second-order valence-electron chi connectivity index (χ2n) is 5.88. The first kappa shape index (κ1) is 17.7. The van der Waals surface area contributed by atoms with Crippen LogP contribution in [0.4, 0.5) is 10.5 Å². The summed E-state index contributed by atoms with van der Waals surface area (Å²) in [4.78, 5) is 26.8. The van der Waals surface area contributed by atoms with Crippen molar-refractivity contribution in [2.24, 2.45) is 0 Å². The van der Waals surface area contributed by atoms with Crippen molar-refractivity contribution < 1.29 is 14.3 Å². The zero-order chi connectivity index (χ0) is 17.7. The van der Waals surface area contributed by atoms with Crippen molar-refractivity contribution in [3.63, 3.8) is 0 Å². The Morgan fingerprint density at radius 1 is 1.08 bits per heavy atom. The molecule has 0 aromatic heterocycles. The Balaban J connectivity index is 2.54. The zero-order valence-corrected chi connectivity index (χ0v) is 14.6. The maximum absolute atomic E-state index is 12.9. The molecule has 126 valence electrons. The molecule has 0 heterocycles. The number of hydrogen-bond acceptors (Lipinski definition) is 3. The Hall–Kier alpha value is -2.62. The first-order valence-electron chi connectivity index (χ1n) is 8.12. The van der Waals surface area contributed by atoms with Gasteiger partial charge in [0.2, 0.25) is 0 Å². The molecule has 0 N–H and O–H groups in total. The molecule has 2 rings (SSSR count). The van der Waals surface area contributed by atoms with Crippen LogP contribution in [-0.4, -0.2) is 24.5 Å². The van der Waals surface area contributed by atoms with Gasteiger partial charge in [-0.1, -0.05) is 36.4 Å². The van der Waals surface area contributed by atoms with Crippen LogP contribution in [0, 0.1) is 6.92 Å². The molecule has 0 aliphatic rings. The van der Waals surface area contributed by atoms with Gasteiger partial charge in [0.1, 0.15) is 0 Å². The zero-order valence-electron chi connectivity index (χ0n) is 14.6. The molecule has 0 spiro atoms. The van der Waals surface area contributed by atoms with Crippen molar-refractivity contribution in [1.82, 2.24) is 0 Å². The molecule has 0 atom stereocenters. The lowest BCUT2D eigenvalue weighted by Crippen LogP contribution is -2.38. The van der Waals surface area contributed by atoms with Gasteiger partial charge in [-0.3, -0.25) is 9.69 Å². The minimum atomic E-state index is -0.444. The van der Waals surface area contributed by atoms with Crippen LogP contribution >= 0.6 is 0 Å². The Bertz CT molecular complexity index is 723. The van der Waals surface area contributed by atoms with E-state index in [-0.39, 0.29) is 18.4 Å². The van der Waals surface area contributed by atoms with E-state index in [1.54, 1.807) is 25.1 Å². The number of ether oxygens (including phenoxy) is 1. The van der Waals surface area contributed by atoms with E-state index in [0.717, 1.165) is 5.56 Å². The highest BCUT2D eigenvalue weighted by Crippen LogP contribution is 2.27. The van der Waals surface area contributed by atoms with Crippen molar-refractivity contribution >= 4 is 17.6 Å². The lowest BCUT2D eigenvalue weighted by atomic mass is 9.99. The third kappa shape index (κ3) is 3.82. The van der Waals surface area contributed by atoms with Gasteiger partial charge in [-0.25, -0.2) is 4.79 Å². The van der Waals surface area contributed by atoms with E-state index in [1.807, 2.05) is 51.1 Å². The summed E-state index contributed by atoms with van der Waals surface area (Å²) in [6, 6.07) is 14.4. The maximum atomic E-state index is 12.9. The molecule has 0 aliphatic heterocycles. The Morgan fingerprint density at radius 3 is 2.33 bits per heavy atom. The minimum Gasteiger partial charge on any atom is -0.449 e. The predicted molar refractivity (Wildman–Crippen MR) is 95.7 cm³/mol. The number of carbonyl (C=O) groups is 2. The predicted octanol–water partition coefficient (Wildman–Crippen LogP) is 4.60. The van der Waals surface area contributed by atoms with Crippen LogP contribution in [0.2, 0.25) is 0 Å². The van der Waals surface area contributed by atoms with E-state index in [0.29, 0.717) is 16.8 Å². The van der Waals surface area contributed by atoms with Crippen molar-refractivity contribution in [3.05, 3.63) is 65.2 Å². The molecule has 0 aliphatic carbocycles. The molecule has 1 amide bonds. The molecule has 0 saturated carbocycles. The van der Waals surface area contributed by atoms with Crippen molar-refractivity contribution in [1.29, 1.82) is 0 Å². The van der Waals surface area contributed by atoms with Gasteiger partial charge in [0.25, 0.3) is 0 Å². The first-order valence-corrected chi connectivity index (χ1v) is 8.12. The van der Waals surface area contributed by atoms with Crippen LogP contribution in [0.3, 0.4) is 0 Å². The Kier molecular flexibility index (Phi) is 5.74. The van der Waals surface area contributed by atoms with Crippen molar-refractivity contribution in [3.8, 4) is 0 Å². The summed E-state index contributed by atoms with van der Waals surface area (Å²) in [7, 11) is 0. The molecule has 0 radical (unpaired) electrons.